The van der Waals surface area contributed by atoms with Crippen LogP contribution in [-0.2, 0) is 6.18 Å². The van der Waals surface area contributed by atoms with Crippen molar-refractivity contribution in [3.8, 4) is 46.0 Å². The van der Waals surface area contributed by atoms with Gasteiger partial charge >= 0.3 is 6.18 Å². The Hall–Kier alpha value is -9.83. The van der Waals surface area contributed by atoms with Crippen LogP contribution in [0.15, 0.2) is 212 Å². The minimum Gasteiger partial charge on any atom is -0.309 e. The van der Waals surface area contributed by atoms with Crippen molar-refractivity contribution in [2.75, 3.05) is 0 Å². The molecule has 0 unspecified atom stereocenters. The Morgan fingerprint density at radius 2 is 0.681 bits per heavy atom. The maximum Gasteiger partial charge on any atom is 0.416 e. The van der Waals surface area contributed by atoms with E-state index < -0.39 is 11.7 Å². The van der Waals surface area contributed by atoms with Crippen molar-refractivity contribution in [2.45, 2.75) is 6.18 Å². The highest BCUT2D eigenvalue weighted by atomic mass is 19.4. The number of hydrogen-bond acceptors (Lipinski definition) is 2. The molecule has 72 heavy (non-hydrogen) atoms. The van der Waals surface area contributed by atoms with Crippen LogP contribution in [0, 0.1) is 22.7 Å². The fourth-order valence-electron chi connectivity index (χ4n) is 11.5. The Morgan fingerprint density at radius 3 is 1.04 bits per heavy atom. The smallest absolute Gasteiger partial charge is 0.309 e. The largest absolute Gasteiger partial charge is 0.416 e. The highest BCUT2D eigenvalue weighted by Gasteiger charge is 2.32. The second-order valence-corrected chi connectivity index (χ2v) is 18.2. The second kappa shape index (κ2) is 15.3. The van der Waals surface area contributed by atoms with Gasteiger partial charge in [-0.3, -0.25) is 0 Å². The Morgan fingerprint density at radius 1 is 0.333 bits per heavy atom. The molecule has 0 aliphatic heterocycles. The molecule has 0 atom stereocenters. The molecule has 338 valence electrons. The maximum atomic E-state index is 14.5. The molecule has 0 fully saturated rings. The first-order chi connectivity index (χ1) is 35.3. The number of halogens is 3. The molecule has 0 radical (unpaired) electrons. The average Bonchev–Trinajstić information content (AvgIpc) is 4.15. The van der Waals surface area contributed by atoms with Crippen molar-refractivity contribution in [2.24, 2.45) is 0 Å². The minimum absolute atomic E-state index is 0.152. The summed E-state index contributed by atoms with van der Waals surface area (Å²) in [6.45, 7) is 0. The molecule has 0 saturated heterocycles. The summed E-state index contributed by atoms with van der Waals surface area (Å²) in [5, 5.41) is 30.1. The van der Waals surface area contributed by atoms with Crippen molar-refractivity contribution < 1.29 is 13.2 Å². The van der Waals surface area contributed by atoms with Gasteiger partial charge in [0.05, 0.1) is 84.3 Å². The third kappa shape index (κ3) is 5.89. The lowest BCUT2D eigenvalue weighted by molar-refractivity contribution is -0.137. The summed E-state index contributed by atoms with van der Waals surface area (Å²) in [7, 11) is 0. The number of alkyl halides is 3. The van der Waals surface area contributed by atoms with Crippen LogP contribution >= 0.6 is 0 Å². The van der Waals surface area contributed by atoms with Gasteiger partial charge in [0.25, 0.3) is 0 Å². The van der Waals surface area contributed by atoms with E-state index in [1.165, 1.54) is 6.07 Å². The number of nitriles is 2. The fourth-order valence-corrected chi connectivity index (χ4v) is 11.5. The number of rotatable bonds is 5. The number of fused-ring (bicyclic) bond motifs is 12. The van der Waals surface area contributed by atoms with Crippen LogP contribution in [0.3, 0.4) is 0 Å². The summed E-state index contributed by atoms with van der Waals surface area (Å²) in [4.78, 5) is 0. The summed E-state index contributed by atoms with van der Waals surface area (Å²) in [5.41, 5.74) is 10.5. The molecule has 14 rings (SSSR count). The molecule has 0 aliphatic rings. The Bertz CT molecular complexity index is 4360. The zero-order valence-corrected chi connectivity index (χ0v) is 38.0. The first kappa shape index (κ1) is 41.2. The molecule has 0 saturated carbocycles. The third-order valence-electron chi connectivity index (χ3n) is 14.4. The van der Waals surface area contributed by atoms with Gasteiger partial charge < -0.3 is 18.3 Å². The van der Waals surface area contributed by atoms with Crippen LogP contribution in [0.1, 0.15) is 16.7 Å². The number of aromatic nitrogens is 4. The van der Waals surface area contributed by atoms with Crippen LogP contribution in [0.25, 0.3) is 121 Å². The van der Waals surface area contributed by atoms with Gasteiger partial charge in [-0.15, -0.1) is 0 Å². The van der Waals surface area contributed by atoms with Gasteiger partial charge in [0.15, 0.2) is 0 Å². The van der Waals surface area contributed by atoms with Crippen molar-refractivity contribution in [1.82, 2.24) is 18.3 Å². The minimum atomic E-state index is -4.69. The molecule has 6 nitrogen and oxygen atoms in total. The summed E-state index contributed by atoms with van der Waals surface area (Å²) in [5.74, 6) is 0. The van der Waals surface area contributed by atoms with E-state index in [9.17, 15) is 23.7 Å². The number of para-hydroxylation sites is 6. The van der Waals surface area contributed by atoms with E-state index in [1.54, 1.807) is 12.1 Å². The summed E-state index contributed by atoms with van der Waals surface area (Å²) < 4.78 is 52.2. The summed E-state index contributed by atoms with van der Waals surface area (Å²) in [6, 6.07) is 73.7. The molecule has 0 N–H and O–H groups in total. The van der Waals surface area contributed by atoms with Crippen LogP contribution in [0.2, 0.25) is 0 Å². The SMILES string of the molecule is N#Cc1cc(-n2c3ccccc3c3cc(-n4c5ccccc5c5ccccc54)ccc32)c(-c2ccc(C(F)(F)F)cc2C#N)c(-n2c3ccccc3c3cc(-n4c5ccccc5c5ccccc54)ccc32)c1. The summed E-state index contributed by atoms with van der Waals surface area (Å²) >= 11 is 0. The van der Waals surface area contributed by atoms with Crippen molar-refractivity contribution >= 4 is 87.2 Å². The number of nitrogens with zero attached hydrogens (tertiary/aromatic N) is 6. The Balaban J connectivity index is 1.08. The first-order valence-electron chi connectivity index (χ1n) is 23.5. The van der Waals surface area contributed by atoms with Crippen molar-refractivity contribution in [3.05, 3.63) is 229 Å². The quantitative estimate of drug-likeness (QED) is 0.173. The van der Waals surface area contributed by atoms with Gasteiger partial charge in [-0.1, -0.05) is 115 Å². The van der Waals surface area contributed by atoms with E-state index in [1.807, 2.05) is 60.7 Å². The number of benzene rings is 10. The van der Waals surface area contributed by atoms with E-state index in [0.29, 0.717) is 28.1 Å². The van der Waals surface area contributed by atoms with Gasteiger partial charge in [-0.25, -0.2) is 0 Å². The lowest BCUT2D eigenvalue weighted by Gasteiger charge is -2.22. The maximum absolute atomic E-state index is 14.5. The molecule has 0 aliphatic carbocycles. The van der Waals surface area contributed by atoms with Crippen LogP contribution in [0.5, 0.6) is 0 Å². The molecule has 14 aromatic rings. The number of hydrogen-bond donors (Lipinski definition) is 0. The zero-order chi connectivity index (χ0) is 48.4. The molecular formula is C63H35F3N6. The molecule has 9 heteroatoms. The topological polar surface area (TPSA) is 67.3 Å². The van der Waals surface area contributed by atoms with Gasteiger partial charge in [0, 0.05) is 65.6 Å². The van der Waals surface area contributed by atoms with Crippen LogP contribution < -0.4 is 0 Å². The normalized spacial score (nSPS) is 12.1. The van der Waals surface area contributed by atoms with E-state index >= 15 is 0 Å². The van der Waals surface area contributed by atoms with Crippen molar-refractivity contribution in [3.63, 3.8) is 0 Å². The predicted octanol–water partition coefficient (Wildman–Crippen LogP) is 16.5. The molecule has 4 heterocycles. The van der Waals surface area contributed by atoms with E-state index in [4.69, 9.17) is 0 Å². The fraction of sp³-hybridized carbons (Fsp3) is 0.0159. The summed E-state index contributed by atoms with van der Waals surface area (Å²) in [6.07, 6.45) is -4.69. The zero-order valence-electron chi connectivity index (χ0n) is 38.0. The molecule has 0 spiro atoms. The lowest BCUT2D eigenvalue weighted by atomic mass is 9.93. The van der Waals surface area contributed by atoms with Gasteiger partial charge in [0.2, 0.25) is 0 Å². The lowest BCUT2D eigenvalue weighted by Crippen LogP contribution is -2.08. The highest BCUT2D eigenvalue weighted by Crippen LogP contribution is 2.46. The molecular weight excluding hydrogens is 898 g/mol. The van der Waals surface area contributed by atoms with Crippen molar-refractivity contribution in [1.29, 1.82) is 10.5 Å². The van der Waals surface area contributed by atoms with Crippen LogP contribution in [-0.4, -0.2) is 18.3 Å². The molecule has 0 bridgehead atoms. The molecule has 10 aromatic carbocycles. The standard InChI is InChI=1S/C63H35F3N6/c64-63(65,66)40-25-28-43(39(33-40)37-68)62-60(71-56-23-11-5-17-48(56)50-34-41(26-29-58(50)71)69-52-19-7-1-13-44(52)45-14-2-8-20-53(45)69)31-38(36-67)32-61(62)72-57-24-12-6-18-49(57)51-35-42(27-30-59(51)72)70-54-21-9-3-15-46(54)47-16-4-10-22-55(47)70/h1-35H. The monoisotopic (exact) mass is 932 g/mol. The van der Waals surface area contributed by atoms with E-state index in [0.717, 1.165) is 111 Å². The second-order valence-electron chi connectivity index (χ2n) is 18.2. The first-order valence-corrected chi connectivity index (χ1v) is 23.5. The van der Waals surface area contributed by atoms with E-state index in [2.05, 4.69) is 152 Å². The molecule has 0 amide bonds. The highest BCUT2D eigenvalue weighted by molar-refractivity contribution is 6.15. The predicted molar refractivity (Wildman–Crippen MR) is 284 cm³/mol. The average molecular weight is 933 g/mol. The van der Waals surface area contributed by atoms with Crippen LogP contribution in [0.4, 0.5) is 13.2 Å². The van der Waals surface area contributed by atoms with Gasteiger partial charge in [0.1, 0.15) is 0 Å². The van der Waals surface area contributed by atoms with E-state index in [-0.39, 0.29) is 5.56 Å². The Kier molecular flexibility index (Phi) is 8.77. The molecule has 4 aromatic heterocycles. The third-order valence-corrected chi connectivity index (χ3v) is 14.4. The van der Waals surface area contributed by atoms with Gasteiger partial charge in [-0.05, 0) is 97.1 Å². The Labute approximate surface area is 408 Å². The van der Waals surface area contributed by atoms with Gasteiger partial charge in [-0.2, -0.15) is 23.7 Å².